The van der Waals surface area contributed by atoms with Gasteiger partial charge >= 0.3 is 12.0 Å². The van der Waals surface area contributed by atoms with E-state index in [2.05, 4.69) is 32.6 Å². The van der Waals surface area contributed by atoms with E-state index >= 15 is 0 Å². The van der Waals surface area contributed by atoms with Crippen LogP contribution in [0, 0.1) is 3.57 Å². The van der Waals surface area contributed by atoms with Gasteiger partial charge in [0.2, 0.25) is 0 Å². The summed E-state index contributed by atoms with van der Waals surface area (Å²) in [6, 6.07) is 2.87. The summed E-state index contributed by atoms with van der Waals surface area (Å²) in [5.41, 5.74) is 0.728. The largest absolute Gasteiger partial charge is 0.490 e. The van der Waals surface area contributed by atoms with Crippen molar-refractivity contribution in [2.75, 3.05) is 26.9 Å². The van der Waals surface area contributed by atoms with Crippen LogP contribution in [0.3, 0.4) is 0 Å². The van der Waals surface area contributed by atoms with Crippen LogP contribution in [0.2, 0.25) is 0 Å². The van der Waals surface area contributed by atoms with Crippen LogP contribution >= 0.6 is 22.6 Å². The zero-order chi connectivity index (χ0) is 19.3. The van der Waals surface area contributed by atoms with Gasteiger partial charge in [0.05, 0.1) is 23.9 Å². The van der Waals surface area contributed by atoms with Crippen LogP contribution in [-0.2, 0) is 14.3 Å². The number of nitrogens with one attached hydrogen (secondary N) is 1. The molecule has 0 aliphatic carbocycles. The molecule has 1 aromatic rings. The molecule has 0 spiro atoms. The highest BCUT2D eigenvalue weighted by Crippen LogP contribution is 2.35. The van der Waals surface area contributed by atoms with E-state index in [1.54, 1.807) is 6.07 Å². The number of imide groups is 1. The fourth-order valence-corrected chi connectivity index (χ4v) is 3.08. The van der Waals surface area contributed by atoms with E-state index in [9.17, 15) is 14.4 Å². The lowest BCUT2D eigenvalue weighted by atomic mass is 10.1. The molecule has 26 heavy (non-hydrogen) atoms. The summed E-state index contributed by atoms with van der Waals surface area (Å²) in [6.45, 7) is 4.25. The van der Waals surface area contributed by atoms with Gasteiger partial charge in [-0.05, 0) is 60.2 Å². The normalized spacial score (nSPS) is 15.2. The molecule has 9 heteroatoms. The third-order valence-corrected chi connectivity index (χ3v) is 4.21. The first-order valence-corrected chi connectivity index (χ1v) is 8.99. The molecule has 0 radical (unpaired) electrons. The molecule has 1 fully saturated rings. The number of hydrogen-bond donors (Lipinski definition) is 1. The topological polar surface area (TPSA) is 94.2 Å². The van der Waals surface area contributed by atoms with E-state index in [-0.39, 0.29) is 5.70 Å². The number of nitrogens with zero attached hydrogens (tertiary/aromatic N) is 1. The van der Waals surface area contributed by atoms with Crippen molar-refractivity contribution in [2.24, 2.45) is 0 Å². The monoisotopic (exact) mass is 474 g/mol. The summed E-state index contributed by atoms with van der Waals surface area (Å²) in [7, 11) is 1.19. The third-order valence-electron chi connectivity index (χ3n) is 3.41. The van der Waals surface area contributed by atoms with Gasteiger partial charge in [0.1, 0.15) is 12.2 Å². The molecular weight excluding hydrogens is 455 g/mol. The highest BCUT2D eigenvalue weighted by atomic mass is 127. The maximum absolute atomic E-state index is 12.3. The average Bonchev–Trinajstić information content (AvgIpc) is 2.85. The molecule has 0 bridgehead atoms. The number of methoxy groups -OCH3 is 1. The zero-order valence-corrected chi connectivity index (χ0v) is 16.8. The first-order chi connectivity index (χ1) is 12.4. The first-order valence-electron chi connectivity index (χ1n) is 7.91. The van der Waals surface area contributed by atoms with Crippen molar-refractivity contribution >= 4 is 46.6 Å². The lowest BCUT2D eigenvalue weighted by Crippen LogP contribution is -2.36. The Bertz CT molecular complexity index is 762. The molecule has 0 atom stereocenters. The van der Waals surface area contributed by atoms with Gasteiger partial charge in [0.15, 0.2) is 11.5 Å². The lowest BCUT2D eigenvalue weighted by molar-refractivity contribution is -0.143. The van der Waals surface area contributed by atoms with E-state index in [1.165, 1.54) is 13.2 Å². The van der Waals surface area contributed by atoms with Crippen LogP contribution < -0.4 is 14.8 Å². The van der Waals surface area contributed by atoms with Crippen molar-refractivity contribution in [2.45, 2.75) is 13.8 Å². The lowest BCUT2D eigenvalue weighted by Gasteiger charge is -2.13. The van der Waals surface area contributed by atoms with Crippen molar-refractivity contribution in [1.82, 2.24) is 10.2 Å². The summed E-state index contributed by atoms with van der Waals surface area (Å²) >= 11 is 2.12. The fourth-order valence-electron chi connectivity index (χ4n) is 2.29. The minimum Gasteiger partial charge on any atom is -0.490 e. The SMILES string of the molecule is CCOc1cc(/C=C2/NC(=O)N(CC(=O)OC)C2=O)cc(I)c1OCC. The molecule has 1 aliphatic rings. The molecule has 1 heterocycles. The fraction of sp³-hybridized carbons (Fsp3) is 0.353. The molecule has 8 nitrogen and oxygen atoms in total. The van der Waals surface area contributed by atoms with Crippen LogP contribution in [0.4, 0.5) is 4.79 Å². The molecular formula is C17H19IN2O6. The number of rotatable bonds is 7. The second-order valence-corrected chi connectivity index (χ2v) is 6.31. The Labute approximate surface area is 164 Å². The first kappa shape index (κ1) is 20.0. The Kier molecular flexibility index (Phi) is 6.83. The Morgan fingerprint density at radius 2 is 1.92 bits per heavy atom. The molecule has 0 saturated carbocycles. The van der Waals surface area contributed by atoms with Crippen LogP contribution in [-0.4, -0.2) is 49.7 Å². The number of amides is 3. The number of carbonyl (C=O) groups is 3. The number of benzene rings is 1. The number of ether oxygens (including phenoxy) is 3. The van der Waals surface area contributed by atoms with Gasteiger partial charge in [0, 0.05) is 0 Å². The van der Waals surface area contributed by atoms with Gasteiger partial charge in [-0.25, -0.2) is 9.69 Å². The Morgan fingerprint density at radius 1 is 1.23 bits per heavy atom. The highest BCUT2D eigenvalue weighted by Gasteiger charge is 2.35. The van der Waals surface area contributed by atoms with Gasteiger partial charge in [-0.1, -0.05) is 0 Å². The van der Waals surface area contributed by atoms with E-state index in [1.807, 2.05) is 19.9 Å². The van der Waals surface area contributed by atoms with Crippen LogP contribution in [0.1, 0.15) is 19.4 Å². The predicted molar refractivity (Wildman–Crippen MR) is 102 cm³/mol. The quantitative estimate of drug-likeness (QED) is 0.282. The van der Waals surface area contributed by atoms with E-state index in [0.717, 1.165) is 8.47 Å². The van der Waals surface area contributed by atoms with Gasteiger partial charge in [-0.15, -0.1) is 0 Å². The van der Waals surface area contributed by atoms with E-state index < -0.39 is 24.5 Å². The third kappa shape index (κ3) is 4.45. The summed E-state index contributed by atoms with van der Waals surface area (Å²) in [6.07, 6.45) is 1.53. The molecule has 1 saturated heterocycles. The molecule has 1 aliphatic heterocycles. The molecule has 1 aromatic carbocycles. The number of hydrogen-bond acceptors (Lipinski definition) is 6. The summed E-state index contributed by atoms with van der Waals surface area (Å²) in [5.74, 6) is -0.0891. The predicted octanol–water partition coefficient (Wildman–Crippen LogP) is 2.15. The molecule has 2 rings (SSSR count). The zero-order valence-electron chi connectivity index (χ0n) is 14.6. The summed E-state index contributed by atoms with van der Waals surface area (Å²) in [5, 5.41) is 2.46. The van der Waals surface area contributed by atoms with Crippen molar-refractivity contribution < 1.29 is 28.6 Å². The maximum Gasteiger partial charge on any atom is 0.329 e. The number of urea groups is 1. The molecule has 3 amide bonds. The summed E-state index contributed by atoms with van der Waals surface area (Å²) in [4.78, 5) is 36.4. The van der Waals surface area contributed by atoms with Gasteiger partial charge in [-0.3, -0.25) is 9.59 Å². The number of esters is 1. The molecule has 1 N–H and O–H groups in total. The van der Waals surface area contributed by atoms with Crippen molar-refractivity contribution in [1.29, 1.82) is 0 Å². The van der Waals surface area contributed by atoms with Crippen molar-refractivity contribution in [3.05, 3.63) is 27.0 Å². The highest BCUT2D eigenvalue weighted by molar-refractivity contribution is 14.1. The smallest absolute Gasteiger partial charge is 0.329 e. The van der Waals surface area contributed by atoms with Crippen LogP contribution in [0.15, 0.2) is 17.8 Å². The molecule has 0 unspecified atom stereocenters. The number of carbonyl (C=O) groups excluding carboxylic acids is 3. The Hall–Kier alpha value is -2.30. The van der Waals surface area contributed by atoms with Crippen molar-refractivity contribution in [3.63, 3.8) is 0 Å². The minimum atomic E-state index is -0.677. The van der Waals surface area contributed by atoms with Crippen LogP contribution in [0.25, 0.3) is 6.08 Å². The van der Waals surface area contributed by atoms with Gasteiger partial charge in [-0.2, -0.15) is 0 Å². The maximum atomic E-state index is 12.3. The number of halogens is 1. The molecule has 140 valence electrons. The second-order valence-electron chi connectivity index (χ2n) is 5.15. The second kappa shape index (κ2) is 8.88. The van der Waals surface area contributed by atoms with Crippen molar-refractivity contribution in [3.8, 4) is 11.5 Å². The average molecular weight is 474 g/mol. The molecule has 0 aromatic heterocycles. The minimum absolute atomic E-state index is 0.0707. The standard InChI is InChI=1S/C17H19IN2O6/c1-4-25-13-8-10(6-11(18)15(13)26-5-2)7-12-16(22)20(17(23)19-12)9-14(21)24-3/h6-8H,4-5,9H2,1-3H3,(H,19,23)/b12-7+. The van der Waals surface area contributed by atoms with E-state index in [4.69, 9.17) is 9.47 Å². The Morgan fingerprint density at radius 3 is 2.54 bits per heavy atom. The van der Waals surface area contributed by atoms with Gasteiger partial charge in [0.25, 0.3) is 5.91 Å². The van der Waals surface area contributed by atoms with Gasteiger partial charge < -0.3 is 19.5 Å². The Balaban J connectivity index is 2.33. The van der Waals surface area contributed by atoms with E-state index in [0.29, 0.717) is 30.3 Å². The summed E-state index contributed by atoms with van der Waals surface area (Å²) < 4.78 is 16.5. The van der Waals surface area contributed by atoms with Crippen LogP contribution in [0.5, 0.6) is 11.5 Å².